The zero-order chi connectivity index (χ0) is 11.6. The van der Waals surface area contributed by atoms with Crippen molar-refractivity contribution in [2.24, 2.45) is 17.8 Å². The molecule has 4 aliphatic rings. The summed E-state index contributed by atoms with van der Waals surface area (Å²) >= 11 is 0. The van der Waals surface area contributed by atoms with Gasteiger partial charge in [0, 0.05) is 16.7 Å². The van der Waals surface area contributed by atoms with Crippen molar-refractivity contribution in [2.45, 2.75) is 50.9 Å². The van der Waals surface area contributed by atoms with Gasteiger partial charge in [0.2, 0.25) is 0 Å². The second kappa shape index (κ2) is 3.06. The van der Waals surface area contributed by atoms with Crippen molar-refractivity contribution in [3.63, 3.8) is 0 Å². The van der Waals surface area contributed by atoms with Crippen LogP contribution in [0.25, 0.3) is 0 Å². The number of aromatic amines is 2. The fourth-order valence-corrected chi connectivity index (χ4v) is 5.50. The fraction of sp³-hybridized carbons (Fsp3) is 0.786. The van der Waals surface area contributed by atoms with Gasteiger partial charge in [0.15, 0.2) is 0 Å². The minimum absolute atomic E-state index is 0.143. The van der Waals surface area contributed by atoms with Gasteiger partial charge in [-0.1, -0.05) is 0 Å². The van der Waals surface area contributed by atoms with Crippen molar-refractivity contribution in [3.8, 4) is 0 Å². The van der Waals surface area contributed by atoms with Crippen molar-refractivity contribution in [3.05, 3.63) is 21.6 Å². The lowest BCUT2D eigenvalue weighted by Gasteiger charge is -2.56. The van der Waals surface area contributed by atoms with Crippen molar-refractivity contribution in [1.82, 2.24) is 10.2 Å². The van der Waals surface area contributed by atoms with Crippen LogP contribution in [0.1, 0.15) is 49.8 Å². The predicted octanol–water partition coefficient (Wildman–Crippen LogP) is 2.48. The number of aromatic nitrogens is 2. The number of hydrogen-bond donors (Lipinski definition) is 2. The van der Waals surface area contributed by atoms with Crippen LogP contribution in [0.3, 0.4) is 0 Å². The minimum atomic E-state index is 0.143. The van der Waals surface area contributed by atoms with Gasteiger partial charge in [-0.05, 0) is 63.2 Å². The number of H-pyrrole nitrogens is 2. The van der Waals surface area contributed by atoms with Crippen LogP contribution in [0, 0.1) is 24.7 Å². The summed E-state index contributed by atoms with van der Waals surface area (Å²) in [6.45, 7) is 2.05. The van der Waals surface area contributed by atoms with E-state index in [1.54, 1.807) is 0 Å². The van der Waals surface area contributed by atoms with Crippen LogP contribution in [-0.4, -0.2) is 10.2 Å². The highest BCUT2D eigenvalue weighted by Crippen LogP contribution is 2.60. The Morgan fingerprint density at radius 1 is 1.00 bits per heavy atom. The highest BCUT2D eigenvalue weighted by molar-refractivity contribution is 5.30. The Hall–Kier alpha value is -0.990. The summed E-state index contributed by atoms with van der Waals surface area (Å²) in [5.41, 5.74) is 2.55. The summed E-state index contributed by atoms with van der Waals surface area (Å²) in [6, 6.07) is 0. The van der Waals surface area contributed by atoms with Gasteiger partial charge in [-0.25, -0.2) is 0 Å². The van der Waals surface area contributed by atoms with Crippen LogP contribution in [0.4, 0.5) is 0 Å². The quantitative estimate of drug-likeness (QED) is 0.767. The average Bonchev–Trinajstić information content (AvgIpc) is 2.56. The molecule has 1 aromatic rings. The van der Waals surface area contributed by atoms with Crippen LogP contribution in [0.5, 0.6) is 0 Å². The van der Waals surface area contributed by atoms with E-state index in [1.807, 2.05) is 6.92 Å². The number of aryl methyl sites for hydroxylation is 1. The van der Waals surface area contributed by atoms with Crippen LogP contribution in [0.15, 0.2) is 4.79 Å². The molecule has 1 aromatic heterocycles. The summed E-state index contributed by atoms with van der Waals surface area (Å²) in [4.78, 5) is 12.1. The molecule has 0 aliphatic heterocycles. The van der Waals surface area contributed by atoms with E-state index in [0.29, 0.717) is 0 Å². The standard InChI is InChI=1S/C14H20N2O/c1-8-12(13(17)16-15-8)14-5-9-2-10(6-14)4-11(3-9)7-14/h9-11H,2-7H2,1H3,(H2,15,16,17). The monoisotopic (exact) mass is 232 g/mol. The highest BCUT2D eigenvalue weighted by Gasteiger charge is 2.53. The maximum absolute atomic E-state index is 12.1. The molecule has 0 spiro atoms. The number of nitrogens with one attached hydrogen (secondary N) is 2. The zero-order valence-electron chi connectivity index (χ0n) is 10.4. The molecule has 4 fully saturated rings. The number of hydrogen-bond acceptors (Lipinski definition) is 1. The van der Waals surface area contributed by atoms with E-state index >= 15 is 0 Å². The second-order valence-corrected chi connectivity index (χ2v) is 6.78. The molecule has 0 amide bonds. The Labute approximate surface area is 101 Å². The Morgan fingerprint density at radius 3 is 1.94 bits per heavy atom. The molecule has 0 atom stereocenters. The lowest BCUT2D eigenvalue weighted by molar-refractivity contribution is -0.00590. The predicted molar refractivity (Wildman–Crippen MR) is 66.0 cm³/mol. The molecule has 0 saturated heterocycles. The molecular formula is C14H20N2O. The van der Waals surface area contributed by atoms with Gasteiger partial charge in [0.05, 0.1) is 0 Å². The summed E-state index contributed by atoms with van der Waals surface area (Å²) < 4.78 is 0. The number of rotatable bonds is 1. The van der Waals surface area contributed by atoms with Gasteiger partial charge in [0.25, 0.3) is 5.56 Å². The van der Waals surface area contributed by atoms with Gasteiger partial charge >= 0.3 is 0 Å². The molecule has 4 bridgehead atoms. The topological polar surface area (TPSA) is 48.6 Å². The summed E-state index contributed by atoms with van der Waals surface area (Å²) in [5, 5.41) is 5.81. The van der Waals surface area contributed by atoms with E-state index < -0.39 is 0 Å². The Balaban J connectivity index is 1.85. The molecule has 3 nitrogen and oxygen atoms in total. The molecule has 1 heterocycles. The highest BCUT2D eigenvalue weighted by atomic mass is 16.1. The second-order valence-electron chi connectivity index (χ2n) is 6.78. The third-order valence-corrected chi connectivity index (χ3v) is 5.53. The van der Waals surface area contributed by atoms with E-state index in [1.165, 1.54) is 38.5 Å². The fourth-order valence-electron chi connectivity index (χ4n) is 5.50. The van der Waals surface area contributed by atoms with E-state index in [4.69, 9.17) is 0 Å². The smallest absolute Gasteiger partial charge is 0.267 e. The molecule has 0 radical (unpaired) electrons. The third kappa shape index (κ3) is 1.25. The summed E-state index contributed by atoms with van der Waals surface area (Å²) in [5.74, 6) is 2.69. The molecule has 4 aliphatic carbocycles. The van der Waals surface area contributed by atoms with Crippen molar-refractivity contribution >= 4 is 0 Å². The van der Waals surface area contributed by atoms with Crippen LogP contribution < -0.4 is 5.56 Å². The van der Waals surface area contributed by atoms with Gasteiger partial charge < -0.3 is 5.10 Å². The van der Waals surface area contributed by atoms with Crippen molar-refractivity contribution in [2.75, 3.05) is 0 Å². The van der Waals surface area contributed by atoms with Crippen LogP contribution in [-0.2, 0) is 5.41 Å². The first-order chi connectivity index (χ1) is 8.16. The molecule has 92 valence electrons. The maximum atomic E-state index is 12.1. The van der Waals surface area contributed by atoms with E-state index in [-0.39, 0.29) is 11.0 Å². The minimum Gasteiger partial charge on any atom is -0.302 e. The van der Waals surface area contributed by atoms with Crippen LogP contribution >= 0.6 is 0 Å². The van der Waals surface area contributed by atoms with Crippen molar-refractivity contribution < 1.29 is 0 Å². The molecule has 5 rings (SSSR count). The first-order valence-electron chi connectivity index (χ1n) is 6.94. The van der Waals surface area contributed by atoms with Gasteiger partial charge in [-0.2, -0.15) is 0 Å². The molecular weight excluding hydrogens is 212 g/mol. The normalized spacial score (nSPS) is 43.2. The van der Waals surface area contributed by atoms with E-state index in [9.17, 15) is 4.79 Å². The van der Waals surface area contributed by atoms with Gasteiger partial charge in [-0.15, -0.1) is 0 Å². The lowest BCUT2D eigenvalue weighted by atomic mass is 9.48. The summed E-state index contributed by atoms with van der Waals surface area (Å²) in [7, 11) is 0. The van der Waals surface area contributed by atoms with E-state index in [2.05, 4.69) is 10.2 Å². The largest absolute Gasteiger partial charge is 0.302 e. The molecule has 0 unspecified atom stereocenters. The summed E-state index contributed by atoms with van der Waals surface area (Å²) in [6.07, 6.45) is 8.09. The molecule has 0 aromatic carbocycles. The SMILES string of the molecule is Cc1[nH][nH]c(=O)c1C12CC3CC(CC(C3)C1)C2. The lowest BCUT2D eigenvalue weighted by Crippen LogP contribution is -2.50. The Bertz CT molecular complexity index is 475. The Morgan fingerprint density at radius 2 is 1.53 bits per heavy atom. The van der Waals surface area contributed by atoms with Gasteiger partial charge in [0.1, 0.15) is 0 Å². The average molecular weight is 232 g/mol. The van der Waals surface area contributed by atoms with Crippen molar-refractivity contribution in [1.29, 1.82) is 0 Å². The zero-order valence-corrected chi connectivity index (χ0v) is 10.4. The Kier molecular flexibility index (Phi) is 1.80. The van der Waals surface area contributed by atoms with E-state index in [0.717, 1.165) is 29.0 Å². The van der Waals surface area contributed by atoms with Gasteiger partial charge in [-0.3, -0.25) is 9.89 Å². The molecule has 17 heavy (non-hydrogen) atoms. The maximum Gasteiger partial charge on any atom is 0.267 e. The first-order valence-corrected chi connectivity index (χ1v) is 6.94. The molecule has 4 saturated carbocycles. The third-order valence-electron chi connectivity index (χ3n) is 5.53. The first kappa shape index (κ1) is 9.98. The molecule has 2 N–H and O–H groups in total. The van der Waals surface area contributed by atoms with Crippen LogP contribution in [0.2, 0.25) is 0 Å². The molecule has 3 heteroatoms.